The van der Waals surface area contributed by atoms with Crippen molar-refractivity contribution in [2.75, 3.05) is 11.1 Å². The van der Waals surface area contributed by atoms with Crippen molar-refractivity contribution in [3.05, 3.63) is 84.4 Å². The van der Waals surface area contributed by atoms with Gasteiger partial charge in [-0.2, -0.15) is 0 Å². The zero-order valence-electron chi connectivity index (χ0n) is 18.1. The molecule has 0 heterocycles. The van der Waals surface area contributed by atoms with Crippen molar-refractivity contribution in [3.63, 3.8) is 0 Å². The number of hydrogen-bond donors (Lipinski definition) is 3. The van der Waals surface area contributed by atoms with E-state index >= 15 is 0 Å². The van der Waals surface area contributed by atoms with Crippen LogP contribution in [0.2, 0.25) is 0 Å². The molecule has 0 unspecified atom stereocenters. The Labute approximate surface area is 196 Å². The summed E-state index contributed by atoms with van der Waals surface area (Å²) in [6.45, 7) is 1.51. The van der Waals surface area contributed by atoms with Crippen molar-refractivity contribution in [3.8, 4) is 11.5 Å². The van der Waals surface area contributed by atoms with Crippen molar-refractivity contribution in [2.45, 2.75) is 11.8 Å². The van der Waals surface area contributed by atoms with E-state index in [1.807, 2.05) is 6.07 Å². The maximum absolute atomic E-state index is 12.9. The van der Waals surface area contributed by atoms with Crippen LogP contribution in [0.5, 0.6) is 11.5 Å². The first-order valence-electron chi connectivity index (χ1n) is 10.4. The first-order chi connectivity index (χ1) is 16.3. The molecule has 0 aromatic heterocycles. The van der Waals surface area contributed by atoms with Crippen molar-refractivity contribution in [1.29, 1.82) is 0 Å². The molecule has 0 spiro atoms. The van der Waals surface area contributed by atoms with Gasteiger partial charge in [0.05, 0.1) is 16.2 Å². The molecule has 9 heteroatoms. The molecule has 172 valence electrons. The molecule has 0 fully saturated rings. The average molecular weight is 476 g/mol. The van der Waals surface area contributed by atoms with Crippen LogP contribution in [0.25, 0.3) is 10.8 Å². The molecule has 0 aliphatic rings. The number of azo groups is 1. The molecule has 0 saturated carbocycles. The van der Waals surface area contributed by atoms with E-state index in [1.54, 1.807) is 54.6 Å². The predicted molar refractivity (Wildman–Crippen MR) is 130 cm³/mol. The number of phenols is 2. The zero-order valence-corrected chi connectivity index (χ0v) is 19.0. The Morgan fingerprint density at radius 1 is 0.912 bits per heavy atom. The summed E-state index contributed by atoms with van der Waals surface area (Å²) < 4.78 is 24.4. The molecule has 4 aromatic rings. The van der Waals surface area contributed by atoms with E-state index in [0.29, 0.717) is 16.5 Å². The molecule has 0 bridgehead atoms. The molecule has 1 amide bonds. The van der Waals surface area contributed by atoms with Gasteiger partial charge in [-0.25, -0.2) is 8.42 Å². The molecule has 34 heavy (non-hydrogen) atoms. The van der Waals surface area contributed by atoms with Gasteiger partial charge >= 0.3 is 0 Å². The summed E-state index contributed by atoms with van der Waals surface area (Å²) in [7, 11) is -3.53. The third kappa shape index (κ3) is 4.60. The van der Waals surface area contributed by atoms with E-state index < -0.39 is 21.5 Å². The Bertz CT molecular complexity index is 1520. The number of carbonyl (C=O) groups excluding carboxylic acids is 1. The summed E-state index contributed by atoms with van der Waals surface area (Å²) in [5, 5.41) is 33.1. The Hall–Kier alpha value is -4.24. The van der Waals surface area contributed by atoms with E-state index in [-0.39, 0.29) is 33.3 Å². The minimum absolute atomic E-state index is 0.00757. The van der Waals surface area contributed by atoms with Gasteiger partial charge in [-0.15, -0.1) is 10.2 Å². The van der Waals surface area contributed by atoms with E-state index in [9.17, 15) is 23.4 Å². The molecule has 0 saturated heterocycles. The third-order valence-electron chi connectivity index (χ3n) is 5.22. The van der Waals surface area contributed by atoms with Gasteiger partial charge in [0.25, 0.3) is 5.91 Å². The van der Waals surface area contributed by atoms with Gasteiger partial charge in [0.15, 0.2) is 15.6 Å². The molecule has 0 aliphatic heterocycles. The fraction of sp³-hybridized carbons (Fsp3) is 0.0800. The van der Waals surface area contributed by atoms with Crippen molar-refractivity contribution in [1.82, 2.24) is 0 Å². The molecule has 0 atom stereocenters. The largest absolute Gasteiger partial charge is 0.506 e. The van der Waals surface area contributed by atoms with E-state index in [2.05, 4.69) is 15.5 Å². The summed E-state index contributed by atoms with van der Waals surface area (Å²) in [6.07, 6.45) is 0. The first-order valence-corrected chi connectivity index (χ1v) is 12.0. The number of para-hydroxylation sites is 1. The Balaban J connectivity index is 1.80. The Kier molecular flexibility index (Phi) is 6.29. The summed E-state index contributed by atoms with van der Waals surface area (Å²) >= 11 is 0. The predicted octanol–water partition coefficient (Wildman–Crippen LogP) is 5.71. The average Bonchev–Trinajstić information content (AvgIpc) is 2.84. The van der Waals surface area contributed by atoms with Gasteiger partial charge in [-0.1, -0.05) is 49.4 Å². The lowest BCUT2D eigenvalue weighted by atomic mass is 10.0. The van der Waals surface area contributed by atoms with Crippen LogP contribution in [0.1, 0.15) is 17.3 Å². The van der Waals surface area contributed by atoms with Crippen LogP contribution in [0.15, 0.2) is 94.0 Å². The number of phenolic OH excluding ortho intramolecular Hbond substituents is 2. The molecule has 4 rings (SSSR count). The van der Waals surface area contributed by atoms with Crippen molar-refractivity contribution in [2.24, 2.45) is 10.2 Å². The van der Waals surface area contributed by atoms with Gasteiger partial charge in [-0.3, -0.25) is 4.79 Å². The van der Waals surface area contributed by atoms with Gasteiger partial charge in [0, 0.05) is 11.1 Å². The molecule has 0 aliphatic carbocycles. The summed E-state index contributed by atoms with van der Waals surface area (Å²) in [4.78, 5) is 12.9. The summed E-state index contributed by atoms with van der Waals surface area (Å²) in [5.41, 5.74) is 0.474. The number of rotatable bonds is 6. The van der Waals surface area contributed by atoms with Crippen LogP contribution < -0.4 is 5.32 Å². The highest BCUT2D eigenvalue weighted by atomic mass is 32.2. The van der Waals surface area contributed by atoms with E-state index in [4.69, 9.17) is 0 Å². The SMILES string of the molecule is CCS(=O)(=O)c1ccc(O)c(/N=N/c2c(O)c(C(=O)Nc3ccccc3)cc3ccccc23)c1. The fourth-order valence-corrected chi connectivity index (χ4v) is 4.26. The van der Waals surface area contributed by atoms with E-state index in [1.165, 1.54) is 25.1 Å². The second kappa shape index (κ2) is 9.32. The van der Waals surface area contributed by atoms with Crippen molar-refractivity contribution < 1.29 is 23.4 Å². The van der Waals surface area contributed by atoms with Crippen molar-refractivity contribution >= 4 is 43.6 Å². The fourth-order valence-electron chi connectivity index (χ4n) is 3.36. The molecular weight excluding hydrogens is 454 g/mol. The van der Waals surface area contributed by atoms with Gasteiger partial charge in [-0.05, 0) is 41.8 Å². The smallest absolute Gasteiger partial charge is 0.259 e. The first kappa shape index (κ1) is 22.9. The second-order valence-corrected chi connectivity index (χ2v) is 9.69. The summed E-state index contributed by atoms with van der Waals surface area (Å²) in [5.74, 6) is -1.32. The lowest BCUT2D eigenvalue weighted by molar-refractivity contribution is 0.102. The normalized spacial score (nSPS) is 11.7. The van der Waals surface area contributed by atoms with Gasteiger partial charge in [0.1, 0.15) is 17.1 Å². The Morgan fingerprint density at radius 3 is 2.35 bits per heavy atom. The van der Waals surface area contributed by atoms with Crippen LogP contribution in [0.4, 0.5) is 17.1 Å². The number of hydrogen-bond acceptors (Lipinski definition) is 7. The lowest BCUT2D eigenvalue weighted by Crippen LogP contribution is -2.12. The number of sulfone groups is 1. The number of aromatic hydroxyl groups is 2. The summed E-state index contributed by atoms with van der Waals surface area (Å²) in [6, 6.07) is 21.1. The van der Waals surface area contributed by atoms with Crippen LogP contribution in [-0.2, 0) is 9.84 Å². The number of amides is 1. The molecule has 8 nitrogen and oxygen atoms in total. The second-order valence-electron chi connectivity index (χ2n) is 7.42. The number of carbonyl (C=O) groups is 1. The highest BCUT2D eigenvalue weighted by molar-refractivity contribution is 7.91. The number of benzene rings is 4. The maximum Gasteiger partial charge on any atom is 0.259 e. The third-order valence-corrected chi connectivity index (χ3v) is 6.95. The minimum atomic E-state index is -3.53. The quantitative estimate of drug-likeness (QED) is 0.308. The number of anilines is 1. The van der Waals surface area contributed by atoms with Crippen LogP contribution in [-0.4, -0.2) is 30.3 Å². The molecular formula is C25H21N3O5S. The highest BCUT2D eigenvalue weighted by Crippen LogP contribution is 2.40. The monoisotopic (exact) mass is 475 g/mol. The van der Waals surface area contributed by atoms with Crippen LogP contribution in [0, 0.1) is 0 Å². The topological polar surface area (TPSA) is 128 Å². The van der Waals surface area contributed by atoms with Crippen LogP contribution in [0.3, 0.4) is 0 Å². The minimum Gasteiger partial charge on any atom is -0.506 e. The van der Waals surface area contributed by atoms with Crippen LogP contribution >= 0.6 is 0 Å². The van der Waals surface area contributed by atoms with Gasteiger partial charge < -0.3 is 15.5 Å². The van der Waals surface area contributed by atoms with Gasteiger partial charge in [0.2, 0.25) is 0 Å². The molecule has 3 N–H and O–H groups in total. The lowest BCUT2D eigenvalue weighted by Gasteiger charge is -2.11. The molecule has 0 radical (unpaired) electrons. The van der Waals surface area contributed by atoms with E-state index in [0.717, 1.165) is 0 Å². The Morgan fingerprint density at radius 2 is 1.62 bits per heavy atom. The maximum atomic E-state index is 12.9. The number of nitrogens with zero attached hydrogens (tertiary/aromatic N) is 2. The number of fused-ring (bicyclic) bond motifs is 1. The highest BCUT2D eigenvalue weighted by Gasteiger charge is 2.19. The zero-order chi connectivity index (χ0) is 24.3. The standard InChI is InChI=1S/C25H21N3O5S/c1-2-34(32,33)18-12-13-22(29)21(15-18)27-28-23-19-11-7-6-8-16(19)14-20(24(23)30)25(31)26-17-9-4-3-5-10-17/h3-15,29-30H,2H2,1H3,(H,26,31)/b28-27+. The molecule has 4 aromatic carbocycles. The number of nitrogens with one attached hydrogen (secondary N) is 1.